The Morgan fingerprint density at radius 3 is 2.46 bits per heavy atom. The minimum absolute atomic E-state index is 0.0129. The summed E-state index contributed by atoms with van der Waals surface area (Å²) < 4.78 is 32.7. The van der Waals surface area contributed by atoms with E-state index in [1.165, 1.54) is 30.6 Å². The zero-order valence-corrected chi connectivity index (χ0v) is 21.9. The minimum Gasteiger partial charge on any atom is -0.491 e. The number of carbonyl (C=O) groups excluding carboxylic acids is 1. The van der Waals surface area contributed by atoms with E-state index in [0.717, 1.165) is 37.4 Å². The molecule has 0 atom stereocenters. The van der Waals surface area contributed by atoms with Crippen molar-refractivity contribution in [3.05, 3.63) is 35.5 Å². The highest BCUT2D eigenvalue weighted by atomic mass is 32.2. The molecule has 1 fully saturated rings. The maximum atomic E-state index is 14.1. The monoisotopic (exact) mass is 527 g/mol. The van der Waals surface area contributed by atoms with E-state index in [-0.39, 0.29) is 25.0 Å². The van der Waals surface area contributed by atoms with Gasteiger partial charge in [0.1, 0.15) is 4.75 Å². The van der Waals surface area contributed by atoms with Gasteiger partial charge in [-0.3, -0.25) is 10.1 Å². The molecule has 1 heterocycles. The molecule has 2 amide bonds. The molecule has 192 valence electrons. The van der Waals surface area contributed by atoms with Gasteiger partial charge in [0.15, 0.2) is 22.5 Å². The normalized spacial score (nSPS) is 18.2. The van der Waals surface area contributed by atoms with Crippen LogP contribution in [0.25, 0.3) is 0 Å². The third kappa shape index (κ3) is 7.07. The first-order chi connectivity index (χ1) is 16.5. The number of nitrogens with zero attached hydrogens (tertiary/aromatic N) is 2. The number of rotatable bonds is 9. The Morgan fingerprint density at radius 1 is 1.26 bits per heavy atom. The molecule has 0 bridgehead atoms. The van der Waals surface area contributed by atoms with Gasteiger partial charge in [-0.1, -0.05) is 30.0 Å². The van der Waals surface area contributed by atoms with Crippen LogP contribution >= 0.6 is 23.1 Å². The van der Waals surface area contributed by atoms with Crippen molar-refractivity contribution in [1.29, 1.82) is 0 Å². The Labute approximate surface area is 212 Å². The van der Waals surface area contributed by atoms with Crippen LogP contribution in [-0.2, 0) is 11.2 Å². The molecule has 1 aromatic carbocycles. The predicted molar refractivity (Wildman–Crippen MR) is 133 cm³/mol. The lowest BCUT2D eigenvalue weighted by Crippen LogP contribution is -2.45. The van der Waals surface area contributed by atoms with Gasteiger partial charge in [-0.15, -0.1) is 0 Å². The molecule has 1 aliphatic rings. The average Bonchev–Trinajstić information content (AvgIpc) is 3.20. The Hall–Kier alpha value is -2.40. The van der Waals surface area contributed by atoms with Crippen LogP contribution in [0.15, 0.2) is 22.5 Å². The first-order valence-electron chi connectivity index (χ1n) is 11.5. The molecule has 0 spiro atoms. The van der Waals surface area contributed by atoms with E-state index in [4.69, 9.17) is 4.74 Å². The van der Waals surface area contributed by atoms with Crippen LogP contribution in [0, 0.1) is 17.6 Å². The quantitative estimate of drug-likeness (QED) is 0.386. The first-order valence-corrected chi connectivity index (χ1v) is 13.1. The molecular formula is C24H31F2N3O4S2. The van der Waals surface area contributed by atoms with Gasteiger partial charge < -0.3 is 14.7 Å². The number of carbonyl (C=O) groups is 2. The maximum Gasteiger partial charge on any atom is 0.323 e. The number of methoxy groups -OCH3 is 1. The highest BCUT2D eigenvalue weighted by Crippen LogP contribution is 2.37. The Kier molecular flexibility index (Phi) is 8.98. The predicted octanol–water partition coefficient (Wildman–Crippen LogP) is 6.04. The standard InChI is InChI=1S/C24H31F2N3O4S2/c1-14-5-7-16(8-6-14)29(10-9-15-11-17(25)20(33-4)18(26)12-15)23(32)28-22-27-13-19(34-22)35-24(2,3)21(30)31/h11-14,16H,5-10H2,1-4H3,(H,30,31)(H,27,28,32). The largest absolute Gasteiger partial charge is 0.491 e. The average molecular weight is 528 g/mol. The van der Waals surface area contributed by atoms with Crippen LogP contribution in [0.2, 0.25) is 0 Å². The molecule has 1 saturated carbocycles. The van der Waals surface area contributed by atoms with Crippen molar-refractivity contribution in [3.63, 3.8) is 0 Å². The number of aromatic nitrogens is 1. The Balaban J connectivity index is 1.72. The highest BCUT2D eigenvalue weighted by molar-refractivity contribution is 8.03. The van der Waals surface area contributed by atoms with Gasteiger partial charge in [-0.05, 0) is 69.6 Å². The number of hydrogen-bond donors (Lipinski definition) is 2. The van der Waals surface area contributed by atoms with Crippen LogP contribution in [0.1, 0.15) is 52.0 Å². The molecule has 0 aliphatic heterocycles. The van der Waals surface area contributed by atoms with Crippen LogP contribution in [0.4, 0.5) is 18.7 Å². The molecule has 2 N–H and O–H groups in total. The number of urea groups is 1. The highest BCUT2D eigenvalue weighted by Gasteiger charge is 2.31. The van der Waals surface area contributed by atoms with Crippen molar-refractivity contribution < 1.29 is 28.2 Å². The number of amides is 2. The second-order valence-electron chi connectivity index (χ2n) is 9.28. The SMILES string of the molecule is COc1c(F)cc(CCN(C(=O)Nc2ncc(SC(C)(C)C(=O)O)s2)C2CCC(C)CC2)cc1F. The van der Waals surface area contributed by atoms with E-state index < -0.39 is 28.1 Å². The lowest BCUT2D eigenvalue weighted by Gasteiger charge is -2.36. The summed E-state index contributed by atoms with van der Waals surface area (Å²) in [6, 6.07) is 2.14. The number of ether oxygens (including phenoxy) is 1. The van der Waals surface area contributed by atoms with Crippen LogP contribution in [0.5, 0.6) is 5.75 Å². The molecule has 0 unspecified atom stereocenters. The van der Waals surface area contributed by atoms with Crippen LogP contribution in [0.3, 0.4) is 0 Å². The smallest absolute Gasteiger partial charge is 0.323 e. The zero-order valence-electron chi connectivity index (χ0n) is 20.3. The zero-order chi connectivity index (χ0) is 25.8. The maximum absolute atomic E-state index is 14.1. The Morgan fingerprint density at radius 2 is 1.89 bits per heavy atom. The number of thioether (sulfide) groups is 1. The molecular weight excluding hydrogens is 496 g/mol. The van der Waals surface area contributed by atoms with Gasteiger partial charge >= 0.3 is 12.0 Å². The molecule has 3 rings (SSSR count). The fourth-order valence-electron chi connectivity index (χ4n) is 4.03. The molecule has 1 aromatic heterocycles. The number of benzene rings is 1. The second kappa shape index (κ2) is 11.6. The summed E-state index contributed by atoms with van der Waals surface area (Å²) in [6.07, 6.45) is 5.54. The van der Waals surface area contributed by atoms with Crippen molar-refractivity contribution in [2.45, 2.75) is 67.9 Å². The fourth-order valence-corrected chi connectivity index (χ4v) is 6.29. The number of hydrogen-bond acceptors (Lipinski definition) is 6. The van der Waals surface area contributed by atoms with E-state index in [9.17, 15) is 23.5 Å². The van der Waals surface area contributed by atoms with E-state index in [2.05, 4.69) is 17.2 Å². The van der Waals surface area contributed by atoms with Gasteiger partial charge in [0.05, 0.1) is 17.5 Å². The molecule has 35 heavy (non-hydrogen) atoms. The number of carboxylic acid groups (broad SMARTS) is 1. The van der Waals surface area contributed by atoms with Gasteiger partial charge in [0.2, 0.25) is 0 Å². The Bertz CT molecular complexity index is 1030. The summed E-state index contributed by atoms with van der Waals surface area (Å²) >= 11 is 2.37. The molecule has 0 saturated heterocycles. The van der Waals surface area contributed by atoms with E-state index >= 15 is 0 Å². The number of thiazole rings is 1. The topological polar surface area (TPSA) is 91.8 Å². The summed E-state index contributed by atoms with van der Waals surface area (Å²) in [5, 5.41) is 12.5. The van der Waals surface area contributed by atoms with Crippen molar-refractivity contribution in [2.24, 2.45) is 5.92 Å². The molecule has 11 heteroatoms. The third-order valence-electron chi connectivity index (χ3n) is 6.16. The van der Waals surface area contributed by atoms with E-state index in [1.54, 1.807) is 24.9 Å². The summed E-state index contributed by atoms with van der Waals surface area (Å²) in [6.45, 7) is 5.69. The number of anilines is 1. The lowest BCUT2D eigenvalue weighted by atomic mass is 9.86. The van der Waals surface area contributed by atoms with Crippen LogP contribution < -0.4 is 10.1 Å². The second-order valence-corrected chi connectivity index (χ2v) is 12.2. The number of aliphatic carboxylic acids is 1. The van der Waals surface area contributed by atoms with Crippen molar-refractivity contribution >= 4 is 40.2 Å². The van der Waals surface area contributed by atoms with Crippen molar-refractivity contribution in [2.75, 3.05) is 19.0 Å². The van der Waals surface area contributed by atoms with Crippen molar-refractivity contribution in [3.8, 4) is 5.75 Å². The summed E-state index contributed by atoms with van der Waals surface area (Å²) in [5.41, 5.74) is 0.437. The fraction of sp³-hybridized carbons (Fsp3) is 0.542. The van der Waals surface area contributed by atoms with Gasteiger partial charge in [0.25, 0.3) is 0 Å². The van der Waals surface area contributed by atoms with Gasteiger partial charge in [-0.25, -0.2) is 18.6 Å². The summed E-state index contributed by atoms with van der Waals surface area (Å²) in [4.78, 5) is 30.6. The van der Waals surface area contributed by atoms with Gasteiger partial charge in [-0.2, -0.15) is 0 Å². The van der Waals surface area contributed by atoms with E-state index in [1.807, 2.05) is 0 Å². The number of nitrogens with one attached hydrogen (secondary N) is 1. The van der Waals surface area contributed by atoms with Gasteiger partial charge in [0, 0.05) is 12.6 Å². The minimum atomic E-state index is -1.03. The summed E-state index contributed by atoms with van der Waals surface area (Å²) in [7, 11) is 1.21. The molecule has 1 aliphatic carbocycles. The molecule has 0 radical (unpaired) electrons. The molecule has 2 aromatic rings. The third-order valence-corrected chi connectivity index (χ3v) is 8.36. The lowest BCUT2D eigenvalue weighted by molar-refractivity contribution is -0.138. The van der Waals surface area contributed by atoms with E-state index in [0.29, 0.717) is 20.8 Å². The summed E-state index contributed by atoms with van der Waals surface area (Å²) in [5.74, 6) is -2.32. The number of halogens is 2. The first kappa shape index (κ1) is 27.2. The molecule has 7 nitrogen and oxygen atoms in total. The number of carboxylic acids is 1. The van der Waals surface area contributed by atoms with Crippen molar-refractivity contribution in [1.82, 2.24) is 9.88 Å². The van der Waals surface area contributed by atoms with Crippen LogP contribution in [-0.4, -0.2) is 51.4 Å².